The van der Waals surface area contributed by atoms with Crippen LogP contribution in [0.3, 0.4) is 0 Å². The maximum Gasteiger partial charge on any atom is 0.0573 e. The Morgan fingerprint density at radius 3 is 2.76 bits per heavy atom. The highest BCUT2D eigenvalue weighted by Crippen LogP contribution is 2.58. The van der Waals surface area contributed by atoms with Crippen molar-refractivity contribution in [1.82, 2.24) is 0 Å². The van der Waals surface area contributed by atoms with Crippen molar-refractivity contribution < 1.29 is 5.11 Å². The molecule has 1 N–H and O–H groups in total. The van der Waals surface area contributed by atoms with Crippen LogP contribution in [0.15, 0.2) is 35.2 Å². The third kappa shape index (κ3) is 3.03. The van der Waals surface area contributed by atoms with Crippen molar-refractivity contribution in [1.29, 1.82) is 0 Å². The van der Waals surface area contributed by atoms with Gasteiger partial charge in [-0.05, 0) is 61.0 Å². The van der Waals surface area contributed by atoms with Gasteiger partial charge >= 0.3 is 0 Å². The molecule has 2 heteroatoms. The van der Waals surface area contributed by atoms with E-state index < -0.39 is 0 Å². The lowest BCUT2D eigenvalue weighted by Gasteiger charge is -2.45. The monoisotopic (exact) mass is 304 g/mol. The summed E-state index contributed by atoms with van der Waals surface area (Å²) in [7, 11) is 0. The van der Waals surface area contributed by atoms with Crippen LogP contribution in [0.4, 0.5) is 0 Å². The molecule has 0 aliphatic heterocycles. The highest BCUT2D eigenvalue weighted by atomic mass is 32.2. The van der Waals surface area contributed by atoms with Crippen LogP contribution < -0.4 is 0 Å². The molecule has 0 saturated heterocycles. The fraction of sp³-hybridized carbons (Fsp3) is 0.684. The Bertz CT molecular complexity index is 460. The molecular formula is C19H28OS. The summed E-state index contributed by atoms with van der Waals surface area (Å²) >= 11 is 1.99. The van der Waals surface area contributed by atoms with E-state index >= 15 is 0 Å². The van der Waals surface area contributed by atoms with E-state index in [1.807, 2.05) is 11.8 Å². The molecular weight excluding hydrogens is 276 g/mol. The Kier molecular flexibility index (Phi) is 4.66. The van der Waals surface area contributed by atoms with E-state index in [0.29, 0.717) is 11.3 Å². The Morgan fingerprint density at radius 1 is 1.24 bits per heavy atom. The molecule has 0 aromatic heterocycles. The Balaban J connectivity index is 1.63. The highest BCUT2D eigenvalue weighted by Gasteiger charge is 2.52. The lowest BCUT2D eigenvalue weighted by Crippen LogP contribution is -2.41. The molecule has 1 aromatic rings. The average molecular weight is 304 g/mol. The SMILES string of the molecule is C[C@H](CSc1ccccc1)[C@H]1CC[C@H]2[C@@H](O)CCC[C@]12C. The van der Waals surface area contributed by atoms with Crippen molar-refractivity contribution in [3.05, 3.63) is 30.3 Å². The van der Waals surface area contributed by atoms with Crippen molar-refractivity contribution in [2.24, 2.45) is 23.2 Å². The Hall–Kier alpha value is -0.470. The molecule has 21 heavy (non-hydrogen) atoms. The van der Waals surface area contributed by atoms with Crippen LogP contribution >= 0.6 is 11.8 Å². The van der Waals surface area contributed by atoms with E-state index in [9.17, 15) is 5.11 Å². The molecule has 116 valence electrons. The zero-order valence-corrected chi connectivity index (χ0v) is 14.1. The summed E-state index contributed by atoms with van der Waals surface area (Å²) in [5.74, 6) is 3.28. The number of aliphatic hydroxyl groups is 1. The summed E-state index contributed by atoms with van der Waals surface area (Å²) in [6, 6.07) is 10.7. The van der Waals surface area contributed by atoms with Crippen molar-refractivity contribution in [3.63, 3.8) is 0 Å². The molecule has 0 radical (unpaired) electrons. The van der Waals surface area contributed by atoms with Crippen LogP contribution in [0.1, 0.15) is 46.0 Å². The number of thioether (sulfide) groups is 1. The molecule has 2 fully saturated rings. The molecule has 3 rings (SSSR count). The van der Waals surface area contributed by atoms with Gasteiger partial charge in [-0.1, -0.05) is 38.5 Å². The number of aliphatic hydroxyl groups excluding tert-OH is 1. The molecule has 2 saturated carbocycles. The first-order valence-electron chi connectivity index (χ1n) is 8.47. The standard InChI is InChI=1S/C19H28OS/c1-14(13-21-15-7-4-3-5-8-15)16-10-11-17-18(20)9-6-12-19(16,17)2/h3-5,7-8,14,16-18,20H,6,9-13H2,1-2H3/t14-,16-,17+,18+,19-/m1/s1. The summed E-state index contributed by atoms with van der Waals surface area (Å²) in [4.78, 5) is 1.38. The smallest absolute Gasteiger partial charge is 0.0573 e. The van der Waals surface area contributed by atoms with Crippen LogP contribution in [0.5, 0.6) is 0 Å². The second-order valence-corrected chi connectivity index (χ2v) is 8.45. The molecule has 0 spiro atoms. The number of benzene rings is 1. The lowest BCUT2D eigenvalue weighted by molar-refractivity contribution is -0.0249. The number of hydrogen-bond acceptors (Lipinski definition) is 2. The summed E-state index contributed by atoms with van der Waals surface area (Å²) in [6.45, 7) is 4.89. The van der Waals surface area contributed by atoms with Gasteiger partial charge in [-0.15, -0.1) is 11.8 Å². The van der Waals surface area contributed by atoms with E-state index in [2.05, 4.69) is 44.2 Å². The first kappa shape index (κ1) is 15.4. The van der Waals surface area contributed by atoms with Gasteiger partial charge in [0.05, 0.1) is 6.10 Å². The molecule has 0 heterocycles. The van der Waals surface area contributed by atoms with Gasteiger partial charge in [0.1, 0.15) is 0 Å². The summed E-state index contributed by atoms with van der Waals surface area (Å²) in [6.07, 6.45) is 6.07. The van der Waals surface area contributed by atoms with E-state index in [1.54, 1.807) is 0 Å². The minimum Gasteiger partial charge on any atom is -0.393 e. The van der Waals surface area contributed by atoms with E-state index in [4.69, 9.17) is 0 Å². The topological polar surface area (TPSA) is 20.2 Å². The first-order chi connectivity index (χ1) is 10.1. The summed E-state index contributed by atoms with van der Waals surface area (Å²) in [5, 5.41) is 10.3. The van der Waals surface area contributed by atoms with Crippen molar-refractivity contribution in [3.8, 4) is 0 Å². The minimum atomic E-state index is -0.0391. The number of rotatable bonds is 4. The normalized spacial score (nSPS) is 37.2. The fourth-order valence-corrected chi connectivity index (χ4v) is 6.02. The quantitative estimate of drug-likeness (QED) is 0.791. The zero-order chi connectivity index (χ0) is 14.9. The third-order valence-electron chi connectivity index (χ3n) is 6.11. The molecule has 5 atom stereocenters. The van der Waals surface area contributed by atoms with Crippen LogP contribution in [0.2, 0.25) is 0 Å². The van der Waals surface area contributed by atoms with Crippen LogP contribution in [0, 0.1) is 23.2 Å². The summed E-state index contributed by atoms with van der Waals surface area (Å²) < 4.78 is 0. The molecule has 0 bridgehead atoms. The van der Waals surface area contributed by atoms with Crippen molar-refractivity contribution in [2.45, 2.75) is 57.0 Å². The van der Waals surface area contributed by atoms with Gasteiger partial charge in [0.2, 0.25) is 0 Å². The van der Waals surface area contributed by atoms with Crippen molar-refractivity contribution >= 4 is 11.8 Å². The maximum atomic E-state index is 10.3. The zero-order valence-electron chi connectivity index (χ0n) is 13.3. The van der Waals surface area contributed by atoms with Gasteiger partial charge in [-0.25, -0.2) is 0 Å². The van der Waals surface area contributed by atoms with E-state index in [-0.39, 0.29) is 6.10 Å². The number of hydrogen-bond donors (Lipinski definition) is 1. The maximum absolute atomic E-state index is 10.3. The molecule has 0 unspecified atom stereocenters. The van der Waals surface area contributed by atoms with Gasteiger partial charge in [0.25, 0.3) is 0 Å². The van der Waals surface area contributed by atoms with E-state index in [1.165, 1.54) is 36.3 Å². The van der Waals surface area contributed by atoms with Crippen LogP contribution in [-0.4, -0.2) is 17.0 Å². The van der Waals surface area contributed by atoms with Gasteiger partial charge in [-0.3, -0.25) is 0 Å². The second kappa shape index (κ2) is 6.34. The lowest BCUT2D eigenvalue weighted by atomic mass is 9.62. The molecule has 2 aliphatic carbocycles. The van der Waals surface area contributed by atoms with E-state index in [0.717, 1.165) is 18.3 Å². The summed E-state index contributed by atoms with van der Waals surface area (Å²) in [5.41, 5.74) is 0.383. The molecule has 1 nitrogen and oxygen atoms in total. The Labute approximate surface area is 133 Å². The minimum absolute atomic E-state index is 0.0391. The van der Waals surface area contributed by atoms with Gasteiger partial charge in [-0.2, -0.15) is 0 Å². The van der Waals surface area contributed by atoms with Gasteiger partial charge in [0.15, 0.2) is 0 Å². The largest absolute Gasteiger partial charge is 0.393 e. The van der Waals surface area contributed by atoms with Crippen molar-refractivity contribution in [2.75, 3.05) is 5.75 Å². The number of fused-ring (bicyclic) bond motifs is 1. The molecule has 0 amide bonds. The second-order valence-electron chi connectivity index (χ2n) is 7.36. The predicted molar refractivity (Wildman–Crippen MR) is 90.5 cm³/mol. The molecule has 1 aromatic carbocycles. The third-order valence-corrected chi connectivity index (χ3v) is 7.40. The average Bonchev–Trinajstić information content (AvgIpc) is 2.84. The Morgan fingerprint density at radius 2 is 2.00 bits per heavy atom. The predicted octanol–water partition coefficient (Wildman–Crippen LogP) is 4.99. The van der Waals surface area contributed by atoms with Gasteiger partial charge in [0, 0.05) is 10.6 Å². The van der Waals surface area contributed by atoms with Crippen LogP contribution in [-0.2, 0) is 0 Å². The van der Waals surface area contributed by atoms with Crippen LogP contribution in [0.25, 0.3) is 0 Å². The highest BCUT2D eigenvalue weighted by molar-refractivity contribution is 7.99. The molecule has 2 aliphatic rings. The first-order valence-corrected chi connectivity index (χ1v) is 9.46. The van der Waals surface area contributed by atoms with Gasteiger partial charge < -0.3 is 5.11 Å². The fourth-order valence-electron chi connectivity index (χ4n) is 4.98.